The Bertz CT molecular complexity index is 623. The highest BCUT2D eigenvalue weighted by atomic mass is 35.5. The molecular weight excluding hydrogens is 306 g/mol. The molecule has 0 radical (unpaired) electrons. The predicted molar refractivity (Wildman–Crippen MR) is 88.7 cm³/mol. The van der Waals surface area contributed by atoms with Crippen LogP contribution in [0, 0.1) is 6.92 Å². The standard InChI is InChI=1S/C15H18ClN3OS/c1-11-3-2-4-12(9-11)18-5-7-19(8-6-18)15-17-14(16)13(10-20)21-15/h2-4,9,20H,5-8,10H2,1H3. The quantitative estimate of drug-likeness (QED) is 0.942. The minimum atomic E-state index is -0.0419. The number of hydrogen-bond donors (Lipinski definition) is 1. The third-order valence-corrected chi connectivity index (χ3v) is 5.22. The van der Waals surface area contributed by atoms with E-state index < -0.39 is 0 Å². The van der Waals surface area contributed by atoms with Gasteiger partial charge in [0.1, 0.15) is 5.15 Å². The lowest BCUT2D eigenvalue weighted by Gasteiger charge is -2.36. The Morgan fingerprint density at radius 2 is 1.95 bits per heavy atom. The van der Waals surface area contributed by atoms with Gasteiger partial charge in [-0.25, -0.2) is 4.98 Å². The van der Waals surface area contributed by atoms with E-state index in [-0.39, 0.29) is 6.61 Å². The summed E-state index contributed by atoms with van der Waals surface area (Å²) in [4.78, 5) is 9.72. The monoisotopic (exact) mass is 323 g/mol. The fourth-order valence-corrected chi connectivity index (χ4v) is 3.70. The summed E-state index contributed by atoms with van der Waals surface area (Å²) in [6, 6.07) is 8.60. The first kappa shape index (κ1) is 14.6. The minimum Gasteiger partial charge on any atom is -0.391 e. The van der Waals surface area contributed by atoms with Gasteiger partial charge in [0, 0.05) is 31.9 Å². The molecule has 4 nitrogen and oxygen atoms in total. The van der Waals surface area contributed by atoms with E-state index in [1.807, 2.05) is 0 Å². The summed E-state index contributed by atoms with van der Waals surface area (Å²) in [5.41, 5.74) is 2.57. The molecule has 0 amide bonds. The Morgan fingerprint density at radius 1 is 1.24 bits per heavy atom. The van der Waals surface area contributed by atoms with Crippen LogP contribution < -0.4 is 9.80 Å². The highest BCUT2D eigenvalue weighted by molar-refractivity contribution is 7.16. The predicted octanol–water partition coefficient (Wildman–Crippen LogP) is 2.92. The number of aromatic nitrogens is 1. The van der Waals surface area contributed by atoms with Crippen LogP contribution in [-0.2, 0) is 6.61 Å². The molecule has 0 bridgehead atoms. The largest absolute Gasteiger partial charge is 0.391 e. The van der Waals surface area contributed by atoms with Gasteiger partial charge in [-0.2, -0.15) is 0 Å². The normalized spacial score (nSPS) is 15.6. The number of rotatable bonds is 3. The summed E-state index contributed by atoms with van der Waals surface area (Å²) in [5.74, 6) is 0. The molecule has 0 aliphatic carbocycles. The van der Waals surface area contributed by atoms with E-state index in [0.29, 0.717) is 5.15 Å². The Hall–Kier alpha value is -1.30. The second-order valence-electron chi connectivity index (χ2n) is 5.18. The molecule has 1 aliphatic rings. The van der Waals surface area contributed by atoms with Gasteiger partial charge in [-0.1, -0.05) is 35.1 Å². The molecule has 0 unspecified atom stereocenters. The van der Waals surface area contributed by atoms with Crippen molar-refractivity contribution in [3.05, 3.63) is 39.9 Å². The van der Waals surface area contributed by atoms with Crippen molar-refractivity contribution in [2.45, 2.75) is 13.5 Å². The maximum Gasteiger partial charge on any atom is 0.187 e. The SMILES string of the molecule is Cc1cccc(N2CCN(c3nc(Cl)c(CO)s3)CC2)c1. The molecule has 2 heterocycles. The highest BCUT2D eigenvalue weighted by Gasteiger charge is 2.21. The molecule has 3 rings (SSSR count). The highest BCUT2D eigenvalue weighted by Crippen LogP contribution is 2.30. The lowest BCUT2D eigenvalue weighted by molar-refractivity contribution is 0.285. The van der Waals surface area contributed by atoms with Crippen molar-refractivity contribution < 1.29 is 5.11 Å². The van der Waals surface area contributed by atoms with Crippen molar-refractivity contribution in [1.82, 2.24) is 4.98 Å². The molecule has 0 spiro atoms. The summed E-state index contributed by atoms with van der Waals surface area (Å²) < 4.78 is 0. The smallest absolute Gasteiger partial charge is 0.187 e. The van der Waals surface area contributed by atoms with Crippen molar-refractivity contribution in [2.24, 2.45) is 0 Å². The van der Waals surface area contributed by atoms with Crippen molar-refractivity contribution in [3.8, 4) is 0 Å². The summed E-state index contributed by atoms with van der Waals surface area (Å²) in [7, 11) is 0. The average molecular weight is 324 g/mol. The van der Waals surface area contributed by atoms with Crippen molar-refractivity contribution in [3.63, 3.8) is 0 Å². The van der Waals surface area contributed by atoms with E-state index in [9.17, 15) is 5.11 Å². The van der Waals surface area contributed by atoms with Gasteiger partial charge >= 0.3 is 0 Å². The number of nitrogens with zero attached hydrogens (tertiary/aromatic N) is 3. The fourth-order valence-electron chi connectivity index (χ4n) is 2.53. The van der Waals surface area contributed by atoms with Crippen LogP contribution in [0.3, 0.4) is 0 Å². The number of thiazole rings is 1. The van der Waals surface area contributed by atoms with Crippen LogP contribution in [0.5, 0.6) is 0 Å². The van der Waals surface area contributed by atoms with Crippen LogP contribution >= 0.6 is 22.9 Å². The van der Waals surface area contributed by atoms with Crippen molar-refractivity contribution >= 4 is 33.8 Å². The number of anilines is 2. The second-order valence-corrected chi connectivity index (χ2v) is 6.60. The summed E-state index contributed by atoms with van der Waals surface area (Å²) in [6.45, 7) is 5.85. The van der Waals surface area contributed by atoms with Gasteiger partial charge in [0.05, 0.1) is 11.5 Å². The summed E-state index contributed by atoms with van der Waals surface area (Å²) in [6.07, 6.45) is 0. The Balaban J connectivity index is 1.67. The van der Waals surface area contributed by atoms with Crippen LogP contribution in [0.2, 0.25) is 5.15 Å². The molecule has 112 valence electrons. The average Bonchev–Trinajstić information content (AvgIpc) is 2.88. The molecule has 1 N–H and O–H groups in total. The van der Waals surface area contributed by atoms with Gasteiger partial charge in [-0.05, 0) is 24.6 Å². The number of halogens is 1. The fraction of sp³-hybridized carbons (Fsp3) is 0.400. The van der Waals surface area contributed by atoms with E-state index in [1.54, 1.807) is 0 Å². The molecule has 1 aliphatic heterocycles. The van der Waals surface area contributed by atoms with E-state index in [4.69, 9.17) is 11.6 Å². The van der Waals surface area contributed by atoms with Gasteiger partial charge in [-0.15, -0.1) is 0 Å². The minimum absolute atomic E-state index is 0.0419. The Kier molecular flexibility index (Phi) is 4.33. The van der Waals surface area contributed by atoms with Crippen LogP contribution in [0.25, 0.3) is 0 Å². The van der Waals surface area contributed by atoms with E-state index in [2.05, 4.69) is 46.0 Å². The maximum absolute atomic E-state index is 9.21. The van der Waals surface area contributed by atoms with Gasteiger partial charge in [0.15, 0.2) is 5.13 Å². The lowest BCUT2D eigenvalue weighted by atomic mass is 10.2. The van der Waals surface area contributed by atoms with Crippen LogP contribution in [-0.4, -0.2) is 36.3 Å². The molecule has 1 fully saturated rings. The van der Waals surface area contributed by atoms with Crippen LogP contribution in [0.1, 0.15) is 10.4 Å². The Labute approximate surface area is 133 Å². The number of aliphatic hydroxyl groups is 1. The third-order valence-electron chi connectivity index (χ3n) is 3.70. The van der Waals surface area contributed by atoms with Crippen molar-refractivity contribution in [2.75, 3.05) is 36.0 Å². The van der Waals surface area contributed by atoms with E-state index in [1.165, 1.54) is 22.6 Å². The van der Waals surface area contributed by atoms with E-state index in [0.717, 1.165) is 36.2 Å². The van der Waals surface area contributed by atoms with Crippen LogP contribution in [0.15, 0.2) is 24.3 Å². The zero-order valence-corrected chi connectivity index (χ0v) is 13.5. The first-order chi connectivity index (χ1) is 10.2. The number of piperazine rings is 1. The molecule has 1 aromatic carbocycles. The number of hydrogen-bond acceptors (Lipinski definition) is 5. The van der Waals surface area contributed by atoms with Gasteiger partial charge in [0.25, 0.3) is 0 Å². The first-order valence-electron chi connectivity index (χ1n) is 7.00. The van der Waals surface area contributed by atoms with Crippen molar-refractivity contribution in [1.29, 1.82) is 0 Å². The molecule has 0 saturated carbocycles. The maximum atomic E-state index is 9.21. The number of aliphatic hydroxyl groups excluding tert-OH is 1. The molecule has 2 aromatic rings. The summed E-state index contributed by atoms with van der Waals surface area (Å²) >= 11 is 7.49. The second kappa shape index (κ2) is 6.22. The Morgan fingerprint density at radius 3 is 2.57 bits per heavy atom. The zero-order chi connectivity index (χ0) is 14.8. The van der Waals surface area contributed by atoms with E-state index >= 15 is 0 Å². The topological polar surface area (TPSA) is 39.6 Å². The van der Waals surface area contributed by atoms with Gasteiger partial charge < -0.3 is 14.9 Å². The molecule has 0 atom stereocenters. The van der Waals surface area contributed by atoms with Crippen LogP contribution in [0.4, 0.5) is 10.8 Å². The number of aryl methyl sites for hydroxylation is 1. The molecule has 21 heavy (non-hydrogen) atoms. The summed E-state index contributed by atoms with van der Waals surface area (Å²) in [5, 5.41) is 10.5. The van der Waals surface area contributed by atoms with Gasteiger partial charge in [0.2, 0.25) is 0 Å². The molecular formula is C15H18ClN3OS. The first-order valence-corrected chi connectivity index (χ1v) is 8.19. The molecule has 1 aromatic heterocycles. The van der Waals surface area contributed by atoms with Gasteiger partial charge in [-0.3, -0.25) is 0 Å². The molecule has 6 heteroatoms. The molecule has 1 saturated heterocycles. The third kappa shape index (κ3) is 3.15. The number of benzene rings is 1. The zero-order valence-electron chi connectivity index (χ0n) is 11.9. The lowest BCUT2D eigenvalue weighted by Crippen LogP contribution is -2.46.